The molecule has 2 aliphatic rings. The van der Waals surface area contributed by atoms with Crippen LogP contribution in [0.5, 0.6) is 0 Å². The van der Waals surface area contributed by atoms with Crippen LogP contribution < -0.4 is 16.0 Å². The molecule has 0 spiro atoms. The van der Waals surface area contributed by atoms with E-state index in [1.165, 1.54) is 0 Å². The highest BCUT2D eigenvalue weighted by atomic mass is 16.5. The number of amides is 2. The lowest BCUT2D eigenvalue weighted by Crippen LogP contribution is -2.51. The number of anilines is 1. The highest BCUT2D eigenvalue weighted by Gasteiger charge is 2.33. The van der Waals surface area contributed by atoms with Gasteiger partial charge in [0.15, 0.2) is 0 Å². The number of pyridine rings is 1. The summed E-state index contributed by atoms with van der Waals surface area (Å²) < 4.78 is 5.31. The van der Waals surface area contributed by atoms with Crippen LogP contribution in [-0.2, 0) is 14.3 Å². The Kier molecular flexibility index (Phi) is 7.00. The van der Waals surface area contributed by atoms with Gasteiger partial charge in [-0.05, 0) is 31.0 Å². The molecule has 2 saturated heterocycles. The zero-order chi connectivity index (χ0) is 19.1. The molecular formula is C19H29N5O3. The summed E-state index contributed by atoms with van der Waals surface area (Å²) in [7, 11) is 0. The Labute approximate surface area is 160 Å². The van der Waals surface area contributed by atoms with Crippen molar-refractivity contribution < 1.29 is 14.3 Å². The van der Waals surface area contributed by atoms with E-state index in [-0.39, 0.29) is 23.7 Å². The maximum absolute atomic E-state index is 12.6. The molecule has 0 aromatic carbocycles. The van der Waals surface area contributed by atoms with Crippen molar-refractivity contribution in [3.63, 3.8) is 0 Å². The first-order chi connectivity index (χ1) is 13.1. The second-order valence-electron chi connectivity index (χ2n) is 7.16. The van der Waals surface area contributed by atoms with Gasteiger partial charge in [-0.15, -0.1) is 0 Å². The number of morpholine rings is 1. The van der Waals surface area contributed by atoms with Crippen molar-refractivity contribution in [3.05, 3.63) is 23.9 Å². The quantitative estimate of drug-likeness (QED) is 0.606. The number of aryl methyl sites for hydroxylation is 1. The molecule has 8 heteroatoms. The van der Waals surface area contributed by atoms with Gasteiger partial charge in [0.2, 0.25) is 11.8 Å². The molecule has 1 aromatic heterocycles. The smallest absolute Gasteiger partial charge is 0.227 e. The molecule has 0 radical (unpaired) electrons. The molecule has 1 aromatic rings. The van der Waals surface area contributed by atoms with Crippen molar-refractivity contribution in [1.29, 1.82) is 0 Å². The number of carbonyl (C=O) groups is 2. The van der Waals surface area contributed by atoms with E-state index in [1.807, 2.05) is 24.0 Å². The van der Waals surface area contributed by atoms with Gasteiger partial charge < -0.3 is 25.6 Å². The number of aromatic nitrogens is 1. The molecule has 3 rings (SSSR count). The van der Waals surface area contributed by atoms with E-state index in [1.54, 1.807) is 6.20 Å². The van der Waals surface area contributed by atoms with Crippen LogP contribution in [0.1, 0.15) is 12.0 Å². The van der Waals surface area contributed by atoms with Crippen LogP contribution in [0.3, 0.4) is 0 Å². The minimum atomic E-state index is -0.175. The third-order valence-electron chi connectivity index (χ3n) is 5.04. The second-order valence-corrected chi connectivity index (χ2v) is 7.16. The van der Waals surface area contributed by atoms with Crippen molar-refractivity contribution in [2.45, 2.75) is 13.3 Å². The van der Waals surface area contributed by atoms with Crippen LogP contribution in [0.15, 0.2) is 18.3 Å². The van der Waals surface area contributed by atoms with E-state index in [0.29, 0.717) is 58.9 Å². The fourth-order valence-corrected chi connectivity index (χ4v) is 3.53. The van der Waals surface area contributed by atoms with Crippen LogP contribution in [0.4, 0.5) is 5.82 Å². The fraction of sp³-hybridized carbons (Fsp3) is 0.632. The Balaban J connectivity index is 1.40. The summed E-state index contributed by atoms with van der Waals surface area (Å²) in [4.78, 5) is 31.2. The number of rotatable bonds is 6. The number of hydrogen-bond donors (Lipinski definition) is 3. The van der Waals surface area contributed by atoms with Gasteiger partial charge in [-0.1, -0.05) is 0 Å². The van der Waals surface area contributed by atoms with E-state index in [0.717, 1.165) is 11.4 Å². The Morgan fingerprint density at radius 2 is 2.04 bits per heavy atom. The lowest BCUT2D eigenvalue weighted by Gasteiger charge is -2.34. The summed E-state index contributed by atoms with van der Waals surface area (Å²) >= 11 is 0. The SMILES string of the molecule is Cc1ccnc(NCCNC(=O)[C@H]2CNC[C@H](C(=O)N3CCOCC3)C2)c1. The number of nitrogens with zero attached hydrogens (tertiary/aromatic N) is 2. The van der Waals surface area contributed by atoms with Crippen LogP contribution in [0, 0.1) is 18.8 Å². The lowest BCUT2D eigenvalue weighted by atomic mass is 9.88. The van der Waals surface area contributed by atoms with E-state index in [2.05, 4.69) is 20.9 Å². The Morgan fingerprint density at radius 3 is 2.81 bits per heavy atom. The molecule has 0 aliphatic carbocycles. The zero-order valence-corrected chi connectivity index (χ0v) is 15.9. The molecule has 2 aliphatic heterocycles. The third kappa shape index (κ3) is 5.64. The Hall–Kier alpha value is -2.19. The molecule has 0 saturated carbocycles. The van der Waals surface area contributed by atoms with Crippen molar-refractivity contribution in [3.8, 4) is 0 Å². The first-order valence-corrected chi connectivity index (χ1v) is 9.65. The minimum absolute atomic E-state index is 0.000906. The average molecular weight is 375 g/mol. The van der Waals surface area contributed by atoms with E-state index >= 15 is 0 Å². The predicted octanol–water partition coefficient (Wildman–Crippen LogP) is 0.00262. The molecule has 2 fully saturated rings. The van der Waals surface area contributed by atoms with Crippen LogP contribution in [0.2, 0.25) is 0 Å². The second kappa shape index (κ2) is 9.66. The monoisotopic (exact) mass is 375 g/mol. The summed E-state index contributed by atoms with van der Waals surface area (Å²) in [5.74, 6) is 0.629. The molecule has 3 N–H and O–H groups in total. The van der Waals surface area contributed by atoms with Crippen LogP contribution in [0.25, 0.3) is 0 Å². The summed E-state index contributed by atoms with van der Waals surface area (Å²) in [5.41, 5.74) is 1.14. The van der Waals surface area contributed by atoms with Gasteiger partial charge in [0, 0.05) is 45.5 Å². The molecule has 2 atom stereocenters. The Bertz CT molecular complexity index is 648. The first kappa shape index (κ1) is 19.6. The average Bonchev–Trinajstić information content (AvgIpc) is 2.71. The van der Waals surface area contributed by atoms with Crippen molar-refractivity contribution in [2.24, 2.45) is 11.8 Å². The molecule has 0 bridgehead atoms. The molecule has 0 unspecified atom stereocenters. The van der Waals surface area contributed by atoms with Gasteiger partial charge in [-0.25, -0.2) is 4.98 Å². The molecular weight excluding hydrogens is 346 g/mol. The largest absolute Gasteiger partial charge is 0.378 e. The van der Waals surface area contributed by atoms with Gasteiger partial charge in [0.05, 0.1) is 25.0 Å². The highest BCUT2D eigenvalue weighted by molar-refractivity contribution is 5.83. The first-order valence-electron chi connectivity index (χ1n) is 9.65. The molecule has 148 valence electrons. The number of hydrogen-bond acceptors (Lipinski definition) is 6. The molecule has 8 nitrogen and oxygen atoms in total. The van der Waals surface area contributed by atoms with E-state index < -0.39 is 0 Å². The summed E-state index contributed by atoms with van der Waals surface area (Å²) in [6.07, 6.45) is 2.36. The third-order valence-corrected chi connectivity index (χ3v) is 5.04. The standard InChI is InChI=1S/C19H29N5O3/c1-14-2-3-21-17(10-14)22-4-5-23-18(25)15-11-16(13-20-12-15)19(26)24-6-8-27-9-7-24/h2-3,10,15-16,20H,4-9,11-13H2,1H3,(H,21,22)(H,23,25)/t15-,16-/m1/s1. The van der Waals surface area contributed by atoms with Gasteiger partial charge >= 0.3 is 0 Å². The molecule has 27 heavy (non-hydrogen) atoms. The van der Waals surface area contributed by atoms with Gasteiger partial charge in [0.25, 0.3) is 0 Å². The fourth-order valence-electron chi connectivity index (χ4n) is 3.53. The minimum Gasteiger partial charge on any atom is -0.378 e. The summed E-state index contributed by atoms with van der Waals surface area (Å²) in [5, 5.41) is 9.40. The maximum atomic E-state index is 12.6. The number of piperidine rings is 1. The summed E-state index contributed by atoms with van der Waals surface area (Å²) in [6, 6.07) is 3.91. The van der Waals surface area contributed by atoms with Gasteiger partial charge in [-0.3, -0.25) is 9.59 Å². The molecule has 2 amide bonds. The molecule has 3 heterocycles. The van der Waals surface area contributed by atoms with Crippen molar-refractivity contribution >= 4 is 17.6 Å². The zero-order valence-electron chi connectivity index (χ0n) is 15.9. The normalized spacial score (nSPS) is 22.9. The summed E-state index contributed by atoms with van der Waals surface area (Å²) in [6.45, 7) is 6.88. The van der Waals surface area contributed by atoms with Crippen molar-refractivity contribution in [1.82, 2.24) is 20.5 Å². The number of carbonyl (C=O) groups excluding carboxylic acids is 2. The number of nitrogens with one attached hydrogen (secondary N) is 3. The Morgan fingerprint density at radius 1 is 1.26 bits per heavy atom. The topological polar surface area (TPSA) is 95.6 Å². The lowest BCUT2D eigenvalue weighted by molar-refractivity contribution is -0.141. The van der Waals surface area contributed by atoms with E-state index in [4.69, 9.17) is 4.74 Å². The van der Waals surface area contributed by atoms with E-state index in [9.17, 15) is 9.59 Å². The van der Waals surface area contributed by atoms with Crippen LogP contribution >= 0.6 is 0 Å². The van der Waals surface area contributed by atoms with Gasteiger partial charge in [0.1, 0.15) is 5.82 Å². The highest BCUT2D eigenvalue weighted by Crippen LogP contribution is 2.19. The predicted molar refractivity (Wildman–Crippen MR) is 102 cm³/mol. The van der Waals surface area contributed by atoms with Crippen LogP contribution in [-0.4, -0.2) is 74.2 Å². The maximum Gasteiger partial charge on any atom is 0.227 e. The van der Waals surface area contributed by atoms with Gasteiger partial charge in [-0.2, -0.15) is 0 Å². The number of ether oxygens (including phenoxy) is 1. The van der Waals surface area contributed by atoms with Crippen molar-refractivity contribution in [2.75, 3.05) is 57.8 Å².